The predicted molar refractivity (Wildman–Crippen MR) is 229 cm³/mol. The smallest absolute Gasteiger partial charge is 0.410 e. The fourth-order valence-corrected chi connectivity index (χ4v) is 6.74. The number of nitrogens with zero attached hydrogens (tertiary/aromatic N) is 4. The number of piperidine rings is 1. The number of likely N-dealkylation sites (tertiary alicyclic amines) is 1. The molecular weight excluding hydrogens is 783 g/mol. The number of carboxylic acid groups (broad SMARTS) is 1. The van der Waals surface area contributed by atoms with Crippen LogP contribution < -0.4 is 15.4 Å². The third kappa shape index (κ3) is 15.4. The monoisotopic (exact) mass is 843 g/mol. The lowest BCUT2D eigenvalue weighted by atomic mass is 9.86. The maximum Gasteiger partial charge on any atom is 0.410 e. The van der Waals surface area contributed by atoms with Crippen molar-refractivity contribution in [3.05, 3.63) is 90.0 Å². The first-order chi connectivity index (χ1) is 29.4. The Bertz CT molecular complexity index is 1960. The number of unbranched alkanes of at least 4 members (excludes halogenated alkanes) is 3. The fraction of sp³-hybridized carbons (Fsp3) is 0.511. The van der Waals surface area contributed by atoms with Gasteiger partial charge in [-0.2, -0.15) is 0 Å². The zero-order valence-electron chi connectivity index (χ0n) is 35.8. The molecule has 1 fully saturated rings. The number of benzene rings is 2. The number of ether oxygens (including phenoxy) is 5. The van der Waals surface area contributed by atoms with Gasteiger partial charge in [0.15, 0.2) is 11.6 Å². The van der Waals surface area contributed by atoms with E-state index in [4.69, 9.17) is 28.8 Å². The number of nitrogens with one attached hydrogen (secondary N) is 3. The van der Waals surface area contributed by atoms with Gasteiger partial charge in [0.2, 0.25) is 0 Å². The van der Waals surface area contributed by atoms with Crippen LogP contribution in [0.3, 0.4) is 0 Å². The van der Waals surface area contributed by atoms with Crippen LogP contribution in [0.4, 0.5) is 10.5 Å². The van der Waals surface area contributed by atoms with Crippen molar-refractivity contribution < 1.29 is 43.2 Å². The quantitative estimate of drug-likeness (QED) is 0.0519. The number of carbonyl (C=O) groups excluding carboxylic acids is 2. The highest BCUT2D eigenvalue weighted by Crippen LogP contribution is 2.36. The summed E-state index contributed by atoms with van der Waals surface area (Å²) >= 11 is 0. The molecule has 16 heteroatoms. The number of hydrogen-bond acceptors (Lipinski definition) is 12. The van der Waals surface area contributed by atoms with Crippen LogP contribution in [0.5, 0.6) is 5.75 Å². The van der Waals surface area contributed by atoms with Crippen molar-refractivity contribution in [2.75, 3.05) is 64.7 Å². The molecular formula is C45H61N7O9. The molecule has 2 amide bonds. The number of amides is 2. The highest BCUT2D eigenvalue weighted by atomic mass is 16.6. The first-order valence-corrected chi connectivity index (χ1v) is 21.1. The SMILES string of the molecule is CC(NC(=O)c1cccc(NC2(c3nnc(-c4ccncc4)[nH]3)CCN(C(=O)OC(C)(C)C)CC2)c1)c1cccc(OCCCCCCOCCOCCOCCC(=O)O)c1. The molecule has 0 aliphatic carbocycles. The Hall–Kier alpha value is -5.58. The van der Waals surface area contributed by atoms with E-state index in [1.54, 1.807) is 23.4 Å². The topological polar surface area (TPSA) is 199 Å². The molecule has 0 saturated carbocycles. The molecule has 0 radical (unpaired) electrons. The molecule has 0 spiro atoms. The lowest BCUT2D eigenvalue weighted by molar-refractivity contribution is -0.138. The van der Waals surface area contributed by atoms with E-state index in [2.05, 4.69) is 30.8 Å². The molecule has 3 heterocycles. The number of hydrogen-bond donors (Lipinski definition) is 4. The second-order valence-corrected chi connectivity index (χ2v) is 16.0. The third-order valence-electron chi connectivity index (χ3n) is 10.0. The molecule has 61 heavy (non-hydrogen) atoms. The summed E-state index contributed by atoms with van der Waals surface area (Å²) in [6.45, 7) is 11.6. The molecule has 2 aromatic heterocycles. The van der Waals surface area contributed by atoms with E-state index in [0.29, 0.717) is 82.8 Å². The van der Waals surface area contributed by atoms with E-state index in [-0.39, 0.29) is 31.1 Å². The Labute approximate surface area is 358 Å². The minimum absolute atomic E-state index is 0.00606. The summed E-state index contributed by atoms with van der Waals surface area (Å²) in [7, 11) is 0. The second-order valence-electron chi connectivity index (χ2n) is 16.0. The van der Waals surface area contributed by atoms with Crippen LogP contribution in [0.15, 0.2) is 73.1 Å². The van der Waals surface area contributed by atoms with Gasteiger partial charge in [0.1, 0.15) is 16.9 Å². The van der Waals surface area contributed by atoms with E-state index in [9.17, 15) is 14.4 Å². The Kier molecular flexibility index (Phi) is 17.9. The summed E-state index contributed by atoms with van der Waals surface area (Å²) in [5, 5.41) is 24.4. The number of aromatic amines is 1. The Morgan fingerprint density at radius 3 is 2.21 bits per heavy atom. The van der Waals surface area contributed by atoms with Crippen molar-refractivity contribution in [1.29, 1.82) is 0 Å². The first kappa shape index (κ1) is 46.5. The van der Waals surface area contributed by atoms with Gasteiger partial charge < -0.3 is 49.3 Å². The highest BCUT2D eigenvalue weighted by Gasteiger charge is 2.41. The van der Waals surface area contributed by atoms with E-state index in [1.807, 2.05) is 82.3 Å². The summed E-state index contributed by atoms with van der Waals surface area (Å²) in [6.07, 6.45) is 8.00. The third-order valence-corrected chi connectivity index (χ3v) is 10.0. The van der Waals surface area contributed by atoms with Crippen LogP contribution in [-0.2, 0) is 29.3 Å². The number of H-pyrrole nitrogens is 1. The minimum Gasteiger partial charge on any atom is -0.494 e. The van der Waals surface area contributed by atoms with E-state index in [1.165, 1.54) is 0 Å². The van der Waals surface area contributed by atoms with Gasteiger partial charge in [-0.25, -0.2) is 4.79 Å². The Balaban J connectivity index is 1.08. The van der Waals surface area contributed by atoms with Crippen molar-refractivity contribution in [3.8, 4) is 17.1 Å². The maximum absolute atomic E-state index is 13.6. The van der Waals surface area contributed by atoms with E-state index >= 15 is 0 Å². The lowest BCUT2D eigenvalue weighted by Gasteiger charge is -2.41. The van der Waals surface area contributed by atoms with Gasteiger partial charge >= 0.3 is 12.1 Å². The number of pyridine rings is 1. The van der Waals surface area contributed by atoms with Gasteiger partial charge in [-0.1, -0.05) is 24.6 Å². The number of aromatic nitrogens is 4. The number of anilines is 1. The molecule has 0 bridgehead atoms. The van der Waals surface area contributed by atoms with E-state index in [0.717, 1.165) is 48.2 Å². The maximum atomic E-state index is 13.6. The number of aliphatic carboxylic acids is 1. The molecule has 1 unspecified atom stereocenters. The van der Waals surface area contributed by atoms with Crippen molar-refractivity contribution in [2.45, 2.75) is 89.8 Å². The standard InChI is InChI=1S/C45H61N7O9/c1-33(35-11-10-14-38(32-35)60-25-8-6-5-7-24-57-27-29-59-30-28-58-26-17-39(53)54)47-41(55)36-12-9-13-37(31-36)49-45(18-22-52(23-19-45)43(56)61-44(2,3)4)42-48-40(50-51-42)34-15-20-46-21-16-34/h9-16,20-21,31-33,49H,5-8,17-19,22-30H2,1-4H3,(H,47,55)(H,53,54)(H,48,50,51). The van der Waals surface area contributed by atoms with Crippen molar-refractivity contribution >= 4 is 23.7 Å². The molecule has 1 aliphatic rings. The minimum atomic E-state index is -0.874. The molecule has 4 N–H and O–H groups in total. The van der Waals surface area contributed by atoms with Crippen molar-refractivity contribution in [3.63, 3.8) is 0 Å². The second kappa shape index (κ2) is 23.4. The number of carboxylic acids is 1. The zero-order chi connectivity index (χ0) is 43.5. The van der Waals surface area contributed by atoms with Crippen LogP contribution in [0.25, 0.3) is 11.4 Å². The molecule has 1 aliphatic heterocycles. The van der Waals surface area contributed by atoms with Crippen LogP contribution in [0.2, 0.25) is 0 Å². The number of carbonyl (C=O) groups is 3. The summed E-state index contributed by atoms with van der Waals surface area (Å²) < 4.78 is 27.9. The highest BCUT2D eigenvalue weighted by molar-refractivity contribution is 5.95. The summed E-state index contributed by atoms with van der Waals surface area (Å²) in [4.78, 5) is 46.3. The lowest BCUT2D eigenvalue weighted by Crippen LogP contribution is -2.50. The van der Waals surface area contributed by atoms with Crippen molar-refractivity contribution in [2.24, 2.45) is 0 Å². The van der Waals surface area contributed by atoms with E-state index < -0.39 is 17.1 Å². The van der Waals surface area contributed by atoms with Crippen LogP contribution >= 0.6 is 0 Å². The first-order valence-electron chi connectivity index (χ1n) is 21.1. The normalized spacial score (nSPS) is 14.3. The van der Waals surface area contributed by atoms with Gasteiger partial charge in [0, 0.05) is 48.9 Å². The Morgan fingerprint density at radius 1 is 0.836 bits per heavy atom. The Morgan fingerprint density at radius 2 is 1.51 bits per heavy atom. The molecule has 1 atom stereocenters. The van der Waals surface area contributed by atoms with Crippen LogP contribution in [-0.4, -0.2) is 113 Å². The van der Waals surface area contributed by atoms with Gasteiger partial charge in [0.25, 0.3) is 5.91 Å². The van der Waals surface area contributed by atoms with Crippen LogP contribution in [0, 0.1) is 0 Å². The fourth-order valence-electron chi connectivity index (χ4n) is 6.74. The predicted octanol–water partition coefficient (Wildman–Crippen LogP) is 7.16. The summed E-state index contributed by atoms with van der Waals surface area (Å²) in [5.74, 6) is 0.906. The molecule has 5 rings (SSSR count). The summed E-state index contributed by atoms with van der Waals surface area (Å²) in [5.41, 5.74) is 1.69. The zero-order valence-corrected chi connectivity index (χ0v) is 35.8. The molecule has 1 saturated heterocycles. The average Bonchev–Trinajstić information content (AvgIpc) is 3.75. The van der Waals surface area contributed by atoms with Gasteiger partial charge in [0.05, 0.1) is 52.1 Å². The van der Waals surface area contributed by atoms with Crippen LogP contribution in [0.1, 0.15) is 100 Å². The molecule has 2 aromatic carbocycles. The number of rotatable bonds is 24. The van der Waals surface area contributed by atoms with Crippen molar-refractivity contribution in [1.82, 2.24) is 30.4 Å². The molecule has 4 aromatic rings. The van der Waals surface area contributed by atoms with Gasteiger partial charge in [-0.15, -0.1) is 10.2 Å². The van der Waals surface area contributed by atoms with Gasteiger partial charge in [-0.3, -0.25) is 14.6 Å². The summed E-state index contributed by atoms with van der Waals surface area (Å²) in [6, 6.07) is 18.6. The molecule has 330 valence electrons. The van der Waals surface area contributed by atoms with Gasteiger partial charge in [-0.05, 0) is 108 Å². The average molecular weight is 844 g/mol. The molecule has 16 nitrogen and oxygen atoms in total. The largest absolute Gasteiger partial charge is 0.494 e.